The molecule has 0 bridgehead atoms. The van der Waals surface area contributed by atoms with E-state index >= 15 is 0 Å². The van der Waals surface area contributed by atoms with Gasteiger partial charge in [0.25, 0.3) is 5.91 Å². The van der Waals surface area contributed by atoms with Crippen molar-refractivity contribution in [3.05, 3.63) is 35.9 Å². The molecule has 6 heteroatoms. The smallest absolute Gasteiger partial charge is 0.274 e. The van der Waals surface area contributed by atoms with Gasteiger partial charge < -0.3 is 14.2 Å². The predicted octanol–water partition coefficient (Wildman–Crippen LogP) is 2.73. The number of nitrogens with zero attached hydrogens (tertiary/aromatic N) is 5. The van der Waals surface area contributed by atoms with Gasteiger partial charge in [-0.05, 0) is 40.1 Å². The van der Waals surface area contributed by atoms with Crippen LogP contribution in [0.2, 0.25) is 0 Å². The van der Waals surface area contributed by atoms with Gasteiger partial charge in [-0.3, -0.25) is 9.69 Å². The van der Waals surface area contributed by atoms with Crippen molar-refractivity contribution in [1.82, 2.24) is 24.1 Å². The van der Waals surface area contributed by atoms with Crippen LogP contribution >= 0.6 is 0 Å². The Morgan fingerprint density at radius 1 is 1.18 bits per heavy atom. The first-order valence-electron chi connectivity index (χ1n) is 10.3. The van der Waals surface area contributed by atoms with Gasteiger partial charge in [-0.25, -0.2) is 4.98 Å². The maximum absolute atomic E-state index is 13.4. The molecule has 0 radical (unpaired) electrons. The summed E-state index contributed by atoms with van der Waals surface area (Å²) in [5, 5.41) is 0. The average Bonchev–Trinajstić information content (AvgIpc) is 3.00. The molecule has 3 rings (SSSR count). The van der Waals surface area contributed by atoms with Crippen LogP contribution < -0.4 is 0 Å². The lowest BCUT2D eigenvalue weighted by Gasteiger charge is -2.44. The second-order valence-electron chi connectivity index (χ2n) is 9.44. The number of fused-ring (bicyclic) bond motifs is 1. The third-order valence-electron chi connectivity index (χ3n) is 5.62. The molecule has 2 unspecified atom stereocenters. The van der Waals surface area contributed by atoms with Crippen LogP contribution in [0.4, 0.5) is 0 Å². The maximum Gasteiger partial charge on any atom is 0.274 e. The summed E-state index contributed by atoms with van der Waals surface area (Å²) in [5.41, 5.74) is 1.34. The molecular weight excluding hydrogens is 350 g/mol. The van der Waals surface area contributed by atoms with Crippen molar-refractivity contribution in [2.45, 2.75) is 52.1 Å². The number of rotatable bonds is 4. The fraction of sp³-hybridized carbons (Fsp3) is 0.636. The highest BCUT2D eigenvalue weighted by Gasteiger charge is 2.34. The minimum atomic E-state index is -0.131. The number of hydrogen-bond acceptors (Lipinski definition) is 4. The zero-order chi connectivity index (χ0) is 20.6. The topological polar surface area (TPSA) is 44.1 Å². The minimum Gasteiger partial charge on any atom is -0.334 e. The van der Waals surface area contributed by atoms with Gasteiger partial charge in [-0.15, -0.1) is 0 Å². The van der Waals surface area contributed by atoms with Crippen LogP contribution in [-0.2, 0) is 5.41 Å². The highest BCUT2D eigenvalue weighted by molar-refractivity contribution is 5.99. The van der Waals surface area contributed by atoms with Crippen molar-refractivity contribution >= 4 is 11.4 Å². The Balaban J connectivity index is 1.86. The number of aromatic nitrogens is 2. The lowest BCUT2D eigenvalue weighted by Crippen LogP contribution is -2.59. The Morgan fingerprint density at radius 2 is 1.82 bits per heavy atom. The Labute approximate surface area is 169 Å². The molecule has 0 saturated carbocycles. The number of imidazole rings is 1. The van der Waals surface area contributed by atoms with E-state index in [1.807, 2.05) is 29.3 Å². The lowest BCUT2D eigenvalue weighted by molar-refractivity contribution is 0.0280. The Bertz CT molecular complexity index is 823. The number of hydrogen-bond donors (Lipinski definition) is 0. The van der Waals surface area contributed by atoms with Crippen molar-refractivity contribution in [2.24, 2.45) is 0 Å². The molecule has 28 heavy (non-hydrogen) atoms. The Morgan fingerprint density at radius 3 is 2.39 bits per heavy atom. The molecule has 2 atom stereocenters. The molecule has 0 aromatic carbocycles. The molecule has 2 aromatic rings. The molecule has 0 aliphatic carbocycles. The van der Waals surface area contributed by atoms with Gasteiger partial charge in [0.2, 0.25) is 0 Å². The van der Waals surface area contributed by atoms with E-state index in [1.54, 1.807) is 0 Å². The second-order valence-corrected chi connectivity index (χ2v) is 9.44. The molecule has 1 aliphatic rings. The molecule has 0 N–H and O–H groups in total. The van der Waals surface area contributed by atoms with Gasteiger partial charge >= 0.3 is 0 Å². The van der Waals surface area contributed by atoms with Crippen LogP contribution in [0.3, 0.4) is 0 Å². The molecule has 1 amide bonds. The van der Waals surface area contributed by atoms with Crippen LogP contribution in [0.1, 0.15) is 50.9 Å². The van der Waals surface area contributed by atoms with Crippen molar-refractivity contribution in [3.63, 3.8) is 0 Å². The van der Waals surface area contributed by atoms with E-state index < -0.39 is 0 Å². The summed E-state index contributed by atoms with van der Waals surface area (Å²) in [4.78, 5) is 25.0. The summed E-state index contributed by atoms with van der Waals surface area (Å²) >= 11 is 0. The van der Waals surface area contributed by atoms with Crippen LogP contribution in [0, 0.1) is 0 Å². The molecule has 6 nitrogen and oxygen atoms in total. The maximum atomic E-state index is 13.4. The molecule has 1 saturated heterocycles. The van der Waals surface area contributed by atoms with Crippen molar-refractivity contribution in [2.75, 3.05) is 40.3 Å². The van der Waals surface area contributed by atoms with E-state index in [0.717, 1.165) is 37.5 Å². The molecule has 1 aliphatic heterocycles. The summed E-state index contributed by atoms with van der Waals surface area (Å²) in [5.74, 6) is 0.974. The summed E-state index contributed by atoms with van der Waals surface area (Å²) in [6.45, 7) is 14.4. The third kappa shape index (κ3) is 4.08. The number of carbonyl (C=O) groups is 1. The Hall–Kier alpha value is -1.92. The van der Waals surface area contributed by atoms with E-state index in [0.29, 0.717) is 17.8 Å². The highest BCUT2D eigenvalue weighted by atomic mass is 16.2. The van der Waals surface area contributed by atoms with E-state index in [1.165, 1.54) is 0 Å². The lowest BCUT2D eigenvalue weighted by atomic mass is 9.96. The average molecular weight is 386 g/mol. The highest BCUT2D eigenvalue weighted by Crippen LogP contribution is 2.26. The molecule has 2 aromatic heterocycles. The number of piperazine rings is 1. The normalized spacial score (nSPS) is 21.6. The number of amides is 1. The van der Waals surface area contributed by atoms with Crippen molar-refractivity contribution in [1.29, 1.82) is 0 Å². The first-order chi connectivity index (χ1) is 13.1. The minimum absolute atomic E-state index is 0.0464. The van der Waals surface area contributed by atoms with Gasteiger partial charge in [-0.1, -0.05) is 26.8 Å². The summed E-state index contributed by atoms with van der Waals surface area (Å²) in [6, 6.07) is 6.64. The van der Waals surface area contributed by atoms with Gasteiger partial charge in [0.15, 0.2) is 5.69 Å². The zero-order valence-corrected chi connectivity index (χ0v) is 18.4. The van der Waals surface area contributed by atoms with Gasteiger partial charge in [0, 0.05) is 49.9 Å². The molecule has 3 heterocycles. The molecular formula is C22H35N5O. The second kappa shape index (κ2) is 7.84. The largest absolute Gasteiger partial charge is 0.334 e. The fourth-order valence-corrected chi connectivity index (χ4v) is 4.15. The molecule has 154 valence electrons. The van der Waals surface area contributed by atoms with Crippen LogP contribution in [-0.4, -0.2) is 82.3 Å². The number of likely N-dealkylation sites (N-methyl/N-ethyl adjacent to an activating group) is 1. The third-order valence-corrected chi connectivity index (χ3v) is 5.62. The standard InChI is InChI=1S/C22H35N5O/c1-16-14-25(15-17(2)26(16)13-12-24(6)7)20(28)19-18-10-8-9-11-27(18)21(23-19)22(3,4)5/h8-11,16-17H,12-15H2,1-7H3. The monoisotopic (exact) mass is 385 g/mol. The summed E-state index contributed by atoms with van der Waals surface area (Å²) in [6.07, 6.45) is 2.00. The van der Waals surface area contributed by atoms with E-state index in [4.69, 9.17) is 4.98 Å². The first-order valence-corrected chi connectivity index (χ1v) is 10.3. The van der Waals surface area contributed by atoms with E-state index in [2.05, 4.69) is 62.9 Å². The zero-order valence-electron chi connectivity index (χ0n) is 18.4. The predicted molar refractivity (Wildman–Crippen MR) is 114 cm³/mol. The summed E-state index contributed by atoms with van der Waals surface area (Å²) < 4.78 is 2.06. The van der Waals surface area contributed by atoms with E-state index in [-0.39, 0.29) is 11.3 Å². The summed E-state index contributed by atoms with van der Waals surface area (Å²) in [7, 11) is 4.21. The number of pyridine rings is 1. The fourth-order valence-electron chi connectivity index (χ4n) is 4.15. The Kier molecular flexibility index (Phi) is 5.82. The van der Waals surface area contributed by atoms with Crippen molar-refractivity contribution in [3.8, 4) is 0 Å². The SMILES string of the molecule is CC1CN(C(=O)c2nc(C(C)(C)C)n3ccccc23)CC(C)N1CCN(C)C. The van der Waals surface area contributed by atoms with E-state index in [9.17, 15) is 4.79 Å². The quantitative estimate of drug-likeness (QED) is 0.812. The molecule has 1 fully saturated rings. The van der Waals surface area contributed by atoms with Gasteiger partial charge in [0.1, 0.15) is 5.82 Å². The molecule has 0 spiro atoms. The van der Waals surface area contributed by atoms with Crippen LogP contribution in [0.15, 0.2) is 24.4 Å². The first kappa shape index (κ1) is 20.8. The van der Waals surface area contributed by atoms with Crippen LogP contribution in [0.25, 0.3) is 5.52 Å². The van der Waals surface area contributed by atoms with Gasteiger partial charge in [0.05, 0.1) is 5.52 Å². The van der Waals surface area contributed by atoms with Crippen LogP contribution in [0.5, 0.6) is 0 Å². The number of carbonyl (C=O) groups excluding carboxylic acids is 1. The van der Waals surface area contributed by atoms with Gasteiger partial charge in [-0.2, -0.15) is 0 Å². The van der Waals surface area contributed by atoms with Crippen molar-refractivity contribution < 1.29 is 4.79 Å².